The fourth-order valence-corrected chi connectivity index (χ4v) is 3.01. The first kappa shape index (κ1) is 15.9. The van der Waals surface area contributed by atoms with Gasteiger partial charge in [0.1, 0.15) is 0 Å². The van der Waals surface area contributed by atoms with E-state index in [1.54, 1.807) is 11.3 Å². The number of aryl methyl sites for hydroxylation is 3. The predicted molar refractivity (Wildman–Crippen MR) is 88.0 cm³/mol. The topological polar surface area (TPSA) is 33.2 Å². The molecule has 0 N–H and O–H groups in total. The van der Waals surface area contributed by atoms with Crippen molar-refractivity contribution >= 4 is 17.1 Å². The molecule has 2 rings (SSSR count). The molecule has 3 nitrogen and oxygen atoms in total. The summed E-state index contributed by atoms with van der Waals surface area (Å²) in [5.41, 5.74) is 4.19. The van der Waals surface area contributed by atoms with Gasteiger partial charge in [0.15, 0.2) is 5.78 Å². The van der Waals surface area contributed by atoms with Gasteiger partial charge in [-0.25, -0.2) is 4.98 Å². The highest BCUT2D eigenvalue weighted by molar-refractivity contribution is 7.09. The van der Waals surface area contributed by atoms with Gasteiger partial charge < -0.3 is 4.90 Å². The Morgan fingerprint density at radius 2 is 1.86 bits per heavy atom. The third-order valence-corrected chi connectivity index (χ3v) is 4.19. The van der Waals surface area contributed by atoms with Crippen molar-refractivity contribution in [2.75, 3.05) is 13.6 Å². The van der Waals surface area contributed by atoms with E-state index >= 15 is 0 Å². The third-order valence-electron chi connectivity index (χ3n) is 3.36. The van der Waals surface area contributed by atoms with Crippen molar-refractivity contribution in [2.45, 2.75) is 33.7 Å². The van der Waals surface area contributed by atoms with Crippen molar-refractivity contribution in [1.82, 2.24) is 9.88 Å². The van der Waals surface area contributed by atoms with Gasteiger partial charge >= 0.3 is 0 Å². The van der Waals surface area contributed by atoms with E-state index in [0.717, 1.165) is 40.5 Å². The van der Waals surface area contributed by atoms with Gasteiger partial charge in [0.25, 0.3) is 0 Å². The molecule has 0 spiro atoms. The lowest BCUT2D eigenvalue weighted by Crippen LogP contribution is -2.21. The Bertz CT molecular complexity index is 613. The molecular weight excluding hydrogens is 280 g/mol. The number of nitrogens with zero attached hydrogens (tertiary/aromatic N) is 2. The first-order valence-electron chi connectivity index (χ1n) is 7.15. The molecule has 1 heterocycles. The average Bonchev–Trinajstić information content (AvgIpc) is 2.80. The molecule has 0 fully saturated rings. The number of benzene rings is 1. The van der Waals surface area contributed by atoms with Crippen molar-refractivity contribution < 1.29 is 4.79 Å². The maximum absolute atomic E-state index is 12.3. The Labute approximate surface area is 130 Å². The molecule has 0 saturated heterocycles. The van der Waals surface area contributed by atoms with E-state index in [2.05, 4.69) is 21.3 Å². The number of hydrogen-bond acceptors (Lipinski definition) is 4. The quantitative estimate of drug-likeness (QED) is 0.762. The average molecular weight is 302 g/mol. The van der Waals surface area contributed by atoms with Crippen LogP contribution in [-0.4, -0.2) is 29.3 Å². The Morgan fingerprint density at radius 1 is 1.19 bits per heavy atom. The van der Waals surface area contributed by atoms with E-state index in [9.17, 15) is 4.79 Å². The van der Waals surface area contributed by atoms with Crippen LogP contribution in [-0.2, 0) is 6.54 Å². The van der Waals surface area contributed by atoms with Crippen LogP contribution in [0.5, 0.6) is 0 Å². The summed E-state index contributed by atoms with van der Waals surface area (Å²) in [7, 11) is 2.03. The first-order valence-corrected chi connectivity index (χ1v) is 8.03. The van der Waals surface area contributed by atoms with Crippen molar-refractivity contribution in [3.63, 3.8) is 0 Å². The molecule has 0 aliphatic heterocycles. The summed E-state index contributed by atoms with van der Waals surface area (Å²) in [6, 6.07) is 6.03. The number of rotatable bonds is 6. The Balaban J connectivity index is 1.88. The highest BCUT2D eigenvalue weighted by atomic mass is 32.1. The summed E-state index contributed by atoms with van der Waals surface area (Å²) in [4.78, 5) is 18.9. The van der Waals surface area contributed by atoms with Crippen LogP contribution in [0.4, 0.5) is 0 Å². The molecule has 112 valence electrons. The van der Waals surface area contributed by atoms with Gasteiger partial charge in [-0.3, -0.25) is 4.79 Å². The van der Waals surface area contributed by atoms with Crippen molar-refractivity contribution in [2.24, 2.45) is 0 Å². The van der Waals surface area contributed by atoms with Crippen LogP contribution in [0, 0.1) is 20.8 Å². The second-order valence-electron chi connectivity index (χ2n) is 5.65. The van der Waals surface area contributed by atoms with Gasteiger partial charge in [-0.2, -0.15) is 0 Å². The lowest BCUT2D eigenvalue weighted by Gasteiger charge is -2.14. The lowest BCUT2D eigenvalue weighted by atomic mass is 10.0. The molecule has 0 saturated carbocycles. The van der Waals surface area contributed by atoms with E-state index in [0.29, 0.717) is 6.42 Å². The number of carbonyl (C=O) groups is 1. The smallest absolute Gasteiger partial charge is 0.164 e. The largest absolute Gasteiger partial charge is 0.300 e. The second-order valence-corrected chi connectivity index (χ2v) is 6.71. The fourth-order valence-electron chi connectivity index (χ4n) is 2.41. The molecule has 0 bridgehead atoms. The summed E-state index contributed by atoms with van der Waals surface area (Å²) < 4.78 is 0. The zero-order valence-corrected chi connectivity index (χ0v) is 14.0. The maximum Gasteiger partial charge on any atom is 0.164 e. The number of carbonyl (C=O) groups excluding carboxylic acids is 1. The number of ketones is 1. The van der Waals surface area contributed by atoms with E-state index in [1.807, 2.05) is 40.0 Å². The standard InChI is InChI=1S/C17H22N2OS/c1-12-7-13(2)9-15(8-12)17(20)5-6-19(4)10-16-11-21-14(3)18-16/h7-9,11H,5-6,10H2,1-4H3. The van der Waals surface area contributed by atoms with E-state index in [1.165, 1.54) is 0 Å². The molecule has 0 amide bonds. The SMILES string of the molecule is Cc1cc(C)cc(C(=O)CCN(C)Cc2csc(C)n2)c1. The number of aromatic nitrogens is 1. The van der Waals surface area contributed by atoms with Crippen LogP contribution in [0.2, 0.25) is 0 Å². The summed E-state index contributed by atoms with van der Waals surface area (Å²) in [5.74, 6) is 0.211. The second kappa shape index (κ2) is 6.96. The first-order chi connectivity index (χ1) is 9.94. The molecule has 1 aromatic carbocycles. The van der Waals surface area contributed by atoms with Gasteiger partial charge in [-0.05, 0) is 40.0 Å². The Morgan fingerprint density at radius 3 is 2.43 bits per heavy atom. The van der Waals surface area contributed by atoms with Gasteiger partial charge in [0.05, 0.1) is 10.7 Å². The third kappa shape index (κ3) is 4.76. The van der Waals surface area contributed by atoms with Crippen LogP contribution >= 0.6 is 11.3 Å². The zero-order valence-electron chi connectivity index (χ0n) is 13.1. The van der Waals surface area contributed by atoms with Crippen molar-refractivity contribution in [1.29, 1.82) is 0 Å². The highest BCUT2D eigenvalue weighted by Crippen LogP contribution is 2.13. The summed E-state index contributed by atoms with van der Waals surface area (Å²) in [5, 5.41) is 3.17. The number of Topliss-reactive ketones (excluding diaryl/α,β-unsaturated/α-hetero) is 1. The van der Waals surface area contributed by atoms with Gasteiger partial charge in [0, 0.05) is 30.5 Å². The number of thiazole rings is 1. The van der Waals surface area contributed by atoms with Crippen LogP contribution in [0.25, 0.3) is 0 Å². The van der Waals surface area contributed by atoms with E-state index < -0.39 is 0 Å². The normalized spacial score (nSPS) is 11.1. The molecule has 21 heavy (non-hydrogen) atoms. The van der Waals surface area contributed by atoms with Crippen molar-refractivity contribution in [3.8, 4) is 0 Å². The van der Waals surface area contributed by atoms with E-state index in [4.69, 9.17) is 0 Å². The van der Waals surface area contributed by atoms with Crippen LogP contribution < -0.4 is 0 Å². The summed E-state index contributed by atoms with van der Waals surface area (Å²) in [6.45, 7) is 7.62. The van der Waals surface area contributed by atoms with Gasteiger partial charge in [-0.15, -0.1) is 11.3 Å². The minimum absolute atomic E-state index is 0.211. The van der Waals surface area contributed by atoms with E-state index in [-0.39, 0.29) is 5.78 Å². The molecular formula is C17H22N2OS. The Hall–Kier alpha value is -1.52. The minimum atomic E-state index is 0.211. The molecule has 4 heteroatoms. The Kier molecular flexibility index (Phi) is 5.26. The maximum atomic E-state index is 12.3. The summed E-state index contributed by atoms with van der Waals surface area (Å²) >= 11 is 1.67. The zero-order chi connectivity index (χ0) is 15.4. The fraction of sp³-hybridized carbons (Fsp3) is 0.412. The van der Waals surface area contributed by atoms with Gasteiger partial charge in [-0.1, -0.05) is 17.2 Å². The molecule has 0 aliphatic rings. The summed E-state index contributed by atoms with van der Waals surface area (Å²) in [6.07, 6.45) is 0.544. The highest BCUT2D eigenvalue weighted by Gasteiger charge is 2.10. The van der Waals surface area contributed by atoms with Crippen LogP contribution in [0.3, 0.4) is 0 Å². The van der Waals surface area contributed by atoms with Gasteiger partial charge in [0.2, 0.25) is 0 Å². The van der Waals surface area contributed by atoms with Crippen molar-refractivity contribution in [3.05, 3.63) is 51.0 Å². The lowest BCUT2D eigenvalue weighted by molar-refractivity contribution is 0.0967. The minimum Gasteiger partial charge on any atom is -0.300 e. The monoisotopic (exact) mass is 302 g/mol. The molecule has 0 radical (unpaired) electrons. The van der Waals surface area contributed by atoms with Crippen LogP contribution in [0.1, 0.15) is 38.6 Å². The molecule has 2 aromatic rings. The molecule has 0 atom stereocenters. The van der Waals surface area contributed by atoms with Crippen LogP contribution in [0.15, 0.2) is 23.6 Å². The number of hydrogen-bond donors (Lipinski definition) is 0. The molecule has 0 aliphatic carbocycles. The molecule has 0 unspecified atom stereocenters. The predicted octanol–water partition coefficient (Wildman–Crippen LogP) is 3.77. The molecule has 1 aromatic heterocycles.